The Balaban J connectivity index is 2.49. The van der Waals surface area contributed by atoms with Gasteiger partial charge in [-0.15, -0.1) is 0 Å². The average molecular weight is 569 g/mol. The number of carbonyl (C=O) groups is 7. The molecule has 15 nitrogen and oxygen atoms in total. The number of aliphatic hydroxyl groups is 1. The molecule has 0 bridgehead atoms. The molecule has 0 aromatic rings. The van der Waals surface area contributed by atoms with Gasteiger partial charge in [-0.1, -0.05) is 20.3 Å². The lowest BCUT2D eigenvalue weighted by atomic mass is 9.97. The maximum Gasteiger partial charge on any atom is 0.305 e. The largest absolute Gasteiger partial charge is 0.481 e. The molecule has 0 aliphatic carbocycles. The number of carbonyl (C=O) groups excluding carboxylic acids is 6. The summed E-state index contributed by atoms with van der Waals surface area (Å²) in [5, 5.41) is 31.7. The molecule has 7 N–H and O–H groups in total. The summed E-state index contributed by atoms with van der Waals surface area (Å²) in [5.41, 5.74) is 0. The SMILES string of the molecule is CC[C@H](C)[C@@H]1NC(=O)[C@H](C)NC(=O)[C@H]2CCCN2C(=O)[C@H](C)NC(=O)[C@H]([C@@H](C)O)NC(=O)[C@H](CC(=O)O)NC1=O. The predicted molar refractivity (Wildman–Crippen MR) is 139 cm³/mol. The number of fused-ring (bicyclic) bond motifs is 1. The van der Waals surface area contributed by atoms with E-state index in [4.69, 9.17) is 0 Å². The summed E-state index contributed by atoms with van der Waals surface area (Å²) in [6, 6.07) is -7.59. The molecule has 15 heteroatoms. The maximum absolute atomic E-state index is 13.2. The number of aliphatic hydroxyl groups excluding tert-OH is 1. The minimum absolute atomic E-state index is 0.238. The van der Waals surface area contributed by atoms with Crippen molar-refractivity contribution in [1.82, 2.24) is 31.5 Å². The van der Waals surface area contributed by atoms with Crippen LogP contribution in [-0.2, 0) is 33.6 Å². The van der Waals surface area contributed by atoms with Gasteiger partial charge in [-0.05, 0) is 39.5 Å². The Kier molecular flexibility index (Phi) is 11.4. The Hall–Kier alpha value is -3.75. The molecule has 2 heterocycles. The molecule has 8 atom stereocenters. The van der Waals surface area contributed by atoms with Crippen LogP contribution in [0.2, 0.25) is 0 Å². The summed E-state index contributed by atoms with van der Waals surface area (Å²) in [6.45, 7) is 7.68. The van der Waals surface area contributed by atoms with E-state index in [2.05, 4.69) is 26.6 Å². The van der Waals surface area contributed by atoms with Crippen molar-refractivity contribution in [3.63, 3.8) is 0 Å². The Morgan fingerprint density at radius 2 is 1.43 bits per heavy atom. The first-order valence-corrected chi connectivity index (χ1v) is 13.4. The van der Waals surface area contributed by atoms with Crippen molar-refractivity contribution < 1.29 is 43.8 Å². The van der Waals surface area contributed by atoms with Crippen molar-refractivity contribution in [2.24, 2.45) is 5.92 Å². The maximum atomic E-state index is 13.2. The number of hydrogen-bond donors (Lipinski definition) is 7. The Labute approximate surface area is 232 Å². The van der Waals surface area contributed by atoms with Crippen LogP contribution < -0.4 is 26.6 Å². The highest BCUT2D eigenvalue weighted by molar-refractivity contribution is 5.99. The molecular formula is C25H40N6O9. The predicted octanol–water partition coefficient (Wildman–Crippen LogP) is -2.64. The van der Waals surface area contributed by atoms with Crippen LogP contribution in [0.1, 0.15) is 60.3 Å². The Morgan fingerprint density at radius 3 is 2.00 bits per heavy atom. The van der Waals surface area contributed by atoms with Crippen molar-refractivity contribution in [2.45, 2.75) is 103 Å². The molecule has 224 valence electrons. The number of rotatable bonds is 5. The molecule has 6 amide bonds. The van der Waals surface area contributed by atoms with Gasteiger partial charge in [-0.3, -0.25) is 33.6 Å². The molecular weight excluding hydrogens is 528 g/mol. The molecule has 0 radical (unpaired) electrons. The lowest BCUT2D eigenvalue weighted by Gasteiger charge is -2.31. The van der Waals surface area contributed by atoms with Crippen LogP contribution in [0.5, 0.6) is 0 Å². The monoisotopic (exact) mass is 568 g/mol. The molecule has 0 saturated carbocycles. The van der Waals surface area contributed by atoms with Crippen LogP contribution in [0, 0.1) is 5.92 Å². The number of amides is 6. The van der Waals surface area contributed by atoms with E-state index in [9.17, 15) is 43.8 Å². The van der Waals surface area contributed by atoms with E-state index in [1.165, 1.54) is 25.7 Å². The zero-order valence-corrected chi connectivity index (χ0v) is 23.4. The van der Waals surface area contributed by atoms with Crippen LogP contribution in [0.4, 0.5) is 0 Å². The molecule has 2 fully saturated rings. The molecule has 2 aliphatic heterocycles. The fourth-order valence-corrected chi connectivity index (χ4v) is 4.58. The summed E-state index contributed by atoms with van der Waals surface area (Å²) in [4.78, 5) is 91.2. The molecule has 2 aliphatic rings. The number of nitrogens with one attached hydrogen (secondary N) is 5. The van der Waals surface area contributed by atoms with Crippen molar-refractivity contribution in [2.75, 3.05) is 6.54 Å². The summed E-state index contributed by atoms with van der Waals surface area (Å²) in [7, 11) is 0. The van der Waals surface area contributed by atoms with E-state index in [0.717, 1.165) is 0 Å². The van der Waals surface area contributed by atoms with Gasteiger partial charge < -0.3 is 41.7 Å². The highest BCUT2D eigenvalue weighted by atomic mass is 16.4. The number of hydrogen-bond acceptors (Lipinski definition) is 8. The standard InChI is InChI=1S/C25H40N6O9/c1-6-11(2)18-23(38)28-15(10-17(33)34)21(36)30-19(14(5)32)24(39)27-13(4)25(40)31-9-7-8-16(31)22(37)26-12(3)20(35)29-18/h11-16,18-19,32H,6-10H2,1-5H3,(H,26,37)(H,27,39)(H,28,38)(H,29,35)(H,30,36)(H,33,34)/t11-,12-,13-,14+,15-,16+,18-,19-/m0/s1. The molecule has 2 rings (SSSR count). The van der Waals surface area contributed by atoms with Crippen molar-refractivity contribution >= 4 is 41.4 Å². The van der Waals surface area contributed by atoms with E-state index in [0.29, 0.717) is 19.3 Å². The average Bonchev–Trinajstić information content (AvgIpc) is 3.37. The van der Waals surface area contributed by atoms with Gasteiger partial charge in [0.05, 0.1) is 12.5 Å². The van der Waals surface area contributed by atoms with Crippen LogP contribution in [0.25, 0.3) is 0 Å². The first kappa shape index (κ1) is 32.5. The van der Waals surface area contributed by atoms with E-state index in [1.54, 1.807) is 13.8 Å². The second-order valence-corrected chi connectivity index (χ2v) is 10.4. The third-order valence-corrected chi connectivity index (χ3v) is 7.19. The quantitative estimate of drug-likeness (QED) is 0.184. The van der Waals surface area contributed by atoms with Crippen molar-refractivity contribution in [1.29, 1.82) is 0 Å². The molecule has 0 unspecified atom stereocenters. The fraction of sp³-hybridized carbons (Fsp3) is 0.720. The zero-order chi connectivity index (χ0) is 30.3. The van der Waals surface area contributed by atoms with Gasteiger partial charge in [-0.25, -0.2) is 0 Å². The first-order valence-electron chi connectivity index (χ1n) is 13.4. The first-order chi connectivity index (χ1) is 18.7. The smallest absolute Gasteiger partial charge is 0.305 e. The summed E-state index contributed by atoms with van der Waals surface area (Å²) in [5.74, 6) is -6.56. The summed E-state index contributed by atoms with van der Waals surface area (Å²) < 4.78 is 0. The van der Waals surface area contributed by atoms with Gasteiger partial charge in [0.25, 0.3) is 0 Å². The van der Waals surface area contributed by atoms with Gasteiger partial charge in [-0.2, -0.15) is 0 Å². The van der Waals surface area contributed by atoms with Crippen molar-refractivity contribution in [3.8, 4) is 0 Å². The molecule has 0 spiro atoms. The van der Waals surface area contributed by atoms with E-state index < -0.39 is 96.1 Å². The van der Waals surface area contributed by atoms with Gasteiger partial charge in [0.2, 0.25) is 35.4 Å². The fourth-order valence-electron chi connectivity index (χ4n) is 4.58. The lowest BCUT2D eigenvalue weighted by molar-refractivity contribution is -0.144. The number of carboxylic acids is 1. The van der Waals surface area contributed by atoms with Gasteiger partial charge >= 0.3 is 5.97 Å². The molecule has 0 aromatic heterocycles. The highest BCUT2D eigenvalue weighted by Gasteiger charge is 2.40. The number of nitrogens with zero attached hydrogens (tertiary/aromatic N) is 1. The minimum Gasteiger partial charge on any atom is -0.481 e. The topological polar surface area (TPSA) is 223 Å². The summed E-state index contributed by atoms with van der Waals surface area (Å²) >= 11 is 0. The van der Waals surface area contributed by atoms with E-state index >= 15 is 0 Å². The number of carboxylic acid groups (broad SMARTS) is 1. The minimum atomic E-state index is -1.66. The normalized spacial score (nSPS) is 30.9. The van der Waals surface area contributed by atoms with Crippen LogP contribution in [-0.4, -0.2) is 105 Å². The van der Waals surface area contributed by atoms with Crippen LogP contribution in [0.15, 0.2) is 0 Å². The second kappa shape index (κ2) is 14.1. The third-order valence-electron chi connectivity index (χ3n) is 7.19. The van der Waals surface area contributed by atoms with Crippen molar-refractivity contribution in [3.05, 3.63) is 0 Å². The highest BCUT2D eigenvalue weighted by Crippen LogP contribution is 2.19. The van der Waals surface area contributed by atoms with Crippen LogP contribution in [0.3, 0.4) is 0 Å². The lowest BCUT2D eigenvalue weighted by Crippen LogP contribution is -2.62. The van der Waals surface area contributed by atoms with Gasteiger partial charge in [0.15, 0.2) is 0 Å². The Bertz CT molecular complexity index is 1020. The molecule has 2 saturated heterocycles. The second-order valence-electron chi connectivity index (χ2n) is 10.4. The van der Waals surface area contributed by atoms with E-state index in [-0.39, 0.29) is 6.54 Å². The zero-order valence-electron chi connectivity index (χ0n) is 23.4. The Morgan fingerprint density at radius 1 is 0.850 bits per heavy atom. The summed E-state index contributed by atoms with van der Waals surface area (Å²) in [6.07, 6.45) is -1.04. The third kappa shape index (κ3) is 8.13. The molecule has 0 aromatic carbocycles. The van der Waals surface area contributed by atoms with Gasteiger partial charge in [0, 0.05) is 6.54 Å². The molecule has 40 heavy (non-hydrogen) atoms. The van der Waals surface area contributed by atoms with Crippen LogP contribution >= 0.6 is 0 Å². The number of aliphatic carboxylic acids is 1. The van der Waals surface area contributed by atoms with Gasteiger partial charge in [0.1, 0.15) is 36.3 Å². The van der Waals surface area contributed by atoms with E-state index in [1.807, 2.05) is 0 Å².